The molecule has 1 N–H and O–H groups in total. The van der Waals surface area contributed by atoms with E-state index in [2.05, 4.69) is 10.1 Å². The van der Waals surface area contributed by atoms with Crippen LogP contribution in [0.1, 0.15) is 77.3 Å². The van der Waals surface area contributed by atoms with Crippen molar-refractivity contribution < 1.29 is 27.9 Å². The predicted molar refractivity (Wildman–Crippen MR) is 120 cm³/mol. The van der Waals surface area contributed by atoms with Crippen molar-refractivity contribution in [1.29, 1.82) is 0 Å². The minimum absolute atomic E-state index is 0.0967. The smallest absolute Gasteiger partial charge is 0.352 e. The summed E-state index contributed by atoms with van der Waals surface area (Å²) in [5.74, 6) is -4.29. The lowest BCUT2D eigenvalue weighted by atomic mass is 9.58. The van der Waals surface area contributed by atoms with Gasteiger partial charge in [-0.2, -0.15) is 8.78 Å². The number of hydrogen-bond acceptors (Lipinski definition) is 6. The molecule has 1 saturated heterocycles. The number of hydrogen-bond donors (Lipinski definition) is 1. The van der Waals surface area contributed by atoms with Crippen LogP contribution in [0.5, 0.6) is 5.75 Å². The van der Waals surface area contributed by atoms with Gasteiger partial charge < -0.3 is 19.3 Å². The van der Waals surface area contributed by atoms with Crippen LogP contribution in [0.3, 0.4) is 0 Å². The molecule has 0 unspecified atom stereocenters. The highest BCUT2D eigenvalue weighted by atomic mass is 19.3. The third-order valence-corrected chi connectivity index (χ3v) is 6.80. The first-order valence-corrected chi connectivity index (χ1v) is 11.7. The molecule has 2 aromatic heterocycles. The Kier molecular flexibility index (Phi) is 6.21. The van der Waals surface area contributed by atoms with Crippen molar-refractivity contribution >= 4 is 5.91 Å². The minimum Gasteiger partial charge on any atom is -0.484 e. The molecule has 3 heterocycles. The Bertz CT molecular complexity index is 1010. The van der Waals surface area contributed by atoms with Gasteiger partial charge >= 0.3 is 5.92 Å². The lowest BCUT2D eigenvalue weighted by Crippen LogP contribution is -2.62. The maximum absolute atomic E-state index is 15.7. The molecular weight excluding hydrogens is 444 g/mol. The van der Waals surface area contributed by atoms with E-state index >= 15 is 8.78 Å². The number of carbonyl (C=O) groups excluding carboxylic acids is 1. The van der Waals surface area contributed by atoms with E-state index in [0.717, 1.165) is 4.90 Å². The number of amides is 1. The van der Waals surface area contributed by atoms with Gasteiger partial charge in [0.05, 0.1) is 12.2 Å². The SMILES string of the molecule is CC1(C)CC(C)(C)CC(O)(C(F)(F)C(=O)N2CCC[C@H]2c2cc(COc3cccnc3)on2)C1. The molecule has 0 radical (unpaired) electrons. The zero-order valence-corrected chi connectivity index (χ0v) is 20.2. The van der Waals surface area contributed by atoms with Gasteiger partial charge in [-0.05, 0) is 55.1 Å². The molecule has 186 valence electrons. The average Bonchev–Trinajstić information content (AvgIpc) is 3.39. The molecule has 2 aromatic rings. The molecule has 7 nitrogen and oxygen atoms in total. The van der Waals surface area contributed by atoms with Crippen molar-refractivity contribution in [2.45, 2.75) is 84.0 Å². The molecule has 1 aliphatic carbocycles. The predicted octanol–water partition coefficient (Wildman–Crippen LogP) is 4.91. The second-order valence-electron chi connectivity index (χ2n) is 11.3. The molecule has 1 saturated carbocycles. The molecule has 34 heavy (non-hydrogen) atoms. The van der Waals surface area contributed by atoms with Gasteiger partial charge in [0.1, 0.15) is 23.7 Å². The van der Waals surface area contributed by atoms with Crippen molar-refractivity contribution in [3.63, 3.8) is 0 Å². The fourth-order valence-electron chi connectivity index (χ4n) is 6.13. The van der Waals surface area contributed by atoms with Crippen LogP contribution in [-0.4, -0.2) is 44.1 Å². The molecule has 2 aliphatic rings. The topological polar surface area (TPSA) is 88.7 Å². The van der Waals surface area contributed by atoms with Gasteiger partial charge in [0, 0.05) is 18.8 Å². The number of carbonyl (C=O) groups is 1. The fraction of sp³-hybridized carbons (Fsp3) is 0.640. The molecular formula is C25H33F2N3O4. The number of halogens is 2. The van der Waals surface area contributed by atoms with Gasteiger partial charge in [0.15, 0.2) is 5.76 Å². The molecule has 1 amide bonds. The Morgan fingerprint density at radius 3 is 2.62 bits per heavy atom. The van der Waals surface area contributed by atoms with Crippen molar-refractivity contribution in [3.8, 4) is 5.75 Å². The van der Waals surface area contributed by atoms with Gasteiger partial charge in [-0.15, -0.1) is 0 Å². The molecule has 1 aliphatic heterocycles. The average molecular weight is 478 g/mol. The van der Waals surface area contributed by atoms with E-state index in [4.69, 9.17) is 9.26 Å². The number of pyridine rings is 1. The molecule has 0 bridgehead atoms. The highest BCUT2D eigenvalue weighted by Gasteiger charge is 2.65. The third-order valence-electron chi connectivity index (χ3n) is 6.80. The highest BCUT2D eigenvalue weighted by molar-refractivity contribution is 5.85. The summed E-state index contributed by atoms with van der Waals surface area (Å²) in [6.45, 7) is 7.73. The van der Waals surface area contributed by atoms with Crippen LogP contribution in [-0.2, 0) is 11.4 Å². The molecule has 4 rings (SSSR count). The molecule has 9 heteroatoms. The lowest BCUT2D eigenvalue weighted by molar-refractivity contribution is -0.231. The molecule has 2 fully saturated rings. The summed E-state index contributed by atoms with van der Waals surface area (Å²) < 4.78 is 42.4. The summed E-state index contributed by atoms with van der Waals surface area (Å²) in [6.07, 6.45) is 4.67. The van der Waals surface area contributed by atoms with Crippen molar-refractivity contribution in [2.24, 2.45) is 10.8 Å². The number of ether oxygens (including phenoxy) is 1. The van der Waals surface area contributed by atoms with E-state index < -0.39 is 34.3 Å². The second-order valence-corrected chi connectivity index (χ2v) is 11.3. The number of aliphatic hydroxyl groups is 1. The fourth-order valence-corrected chi connectivity index (χ4v) is 6.13. The summed E-state index contributed by atoms with van der Waals surface area (Å²) in [7, 11) is 0. The van der Waals surface area contributed by atoms with Crippen LogP contribution in [0.15, 0.2) is 35.1 Å². The van der Waals surface area contributed by atoms with E-state index in [0.29, 0.717) is 36.5 Å². The molecule has 1 atom stereocenters. The first-order chi connectivity index (χ1) is 15.8. The summed E-state index contributed by atoms with van der Waals surface area (Å²) in [6, 6.07) is 4.49. The van der Waals surface area contributed by atoms with Crippen LogP contribution < -0.4 is 4.74 Å². The van der Waals surface area contributed by atoms with Gasteiger partial charge in [-0.1, -0.05) is 32.9 Å². The number of nitrogens with zero attached hydrogens (tertiary/aromatic N) is 3. The number of aromatic nitrogens is 2. The summed E-state index contributed by atoms with van der Waals surface area (Å²) in [5.41, 5.74) is -3.03. The van der Waals surface area contributed by atoms with Gasteiger partial charge in [-0.3, -0.25) is 9.78 Å². The van der Waals surface area contributed by atoms with Crippen molar-refractivity contribution in [3.05, 3.63) is 42.0 Å². The zero-order valence-electron chi connectivity index (χ0n) is 20.2. The largest absolute Gasteiger partial charge is 0.484 e. The Labute approximate surface area is 198 Å². The second kappa shape index (κ2) is 8.59. The van der Waals surface area contributed by atoms with Crippen LogP contribution >= 0.6 is 0 Å². The Morgan fingerprint density at radius 1 is 1.26 bits per heavy atom. The van der Waals surface area contributed by atoms with E-state index in [1.165, 1.54) is 0 Å². The highest BCUT2D eigenvalue weighted by Crippen LogP contribution is 2.55. The molecule has 0 aromatic carbocycles. The lowest BCUT2D eigenvalue weighted by Gasteiger charge is -2.51. The van der Waals surface area contributed by atoms with Crippen LogP contribution in [0.25, 0.3) is 0 Å². The van der Waals surface area contributed by atoms with Gasteiger partial charge in [0.2, 0.25) is 0 Å². The summed E-state index contributed by atoms with van der Waals surface area (Å²) in [5, 5.41) is 15.2. The monoisotopic (exact) mass is 477 g/mol. The minimum atomic E-state index is -3.92. The van der Waals surface area contributed by atoms with Gasteiger partial charge in [-0.25, -0.2) is 0 Å². The van der Waals surface area contributed by atoms with Crippen LogP contribution in [0.4, 0.5) is 8.78 Å². The Morgan fingerprint density at radius 2 is 1.97 bits per heavy atom. The normalized spacial score (nSPS) is 23.6. The van der Waals surface area contributed by atoms with E-state index in [-0.39, 0.29) is 26.0 Å². The number of rotatable bonds is 6. The number of likely N-dealkylation sites (tertiary alicyclic amines) is 1. The van der Waals surface area contributed by atoms with E-state index in [1.807, 2.05) is 27.7 Å². The third kappa shape index (κ3) is 4.80. The quantitative estimate of drug-likeness (QED) is 0.636. The van der Waals surface area contributed by atoms with Crippen molar-refractivity contribution in [2.75, 3.05) is 6.54 Å². The maximum atomic E-state index is 15.7. The maximum Gasteiger partial charge on any atom is 0.352 e. The van der Waals surface area contributed by atoms with E-state index in [9.17, 15) is 9.90 Å². The first kappa shape index (κ1) is 24.6. The van der Waals surface area contributed by atoms with Crippen LogP contribution in [0.2, 0.25) is 0 Å². The Balaban J connectivity index is 1.50. The zero-order chi connectivity index (χ0) is 24.8. The Hall–Kier alpha value is -2.55. The molecule has 0 spiro atoms. The van der Waals surface area contributed by atoms with Gasteiger partial charge in [0.25, 0.3) is 5.91 Å². The van der Waals surface area contributed by atoms with Crippen LogP contribution in [0, 0.1) is 10.8 Å². The number of alkyl halides is 2. The summed E-state index contributed by atoms with van der Waals surface area (Å²) >= 11 is 0. The van der Waals surface area contributed by atoms with Crippen molar-refractivity contribution in [1.82, 2.24) is 15.0 Å². The standard InChI is InChI=1S/C25H33F2N3O4/c1-22(2)14-23(3,4)16-24(32,15-22)25(26,27)21(31)30-10-6-8-20(30)19-11-18(34-29-19)13-33-17-7-5-9-28-12-17/h5,7,9,11-12,20,32H,6,8,10,13-16H2,1-4H3/t20-/m0/s1. The first-order valence-electron chi connectivity index (χ1n) is 11.7. The van der Waals surface area contributed by atoms with E-state index in [1.54, 1.807) is 30.6 Å². The summed E-state index contributed by atoms with van der Waals surface area (Å²) in [4.78, 5) is 18.3.